The average molecular weight is 289 g/mol. The Morgan fingerprint density at radius 1 is 1.29 bits per heavy atom. The van der Waals surface area contributed by atoms with Crippen LogP contribution in [0.5, 0.6) is 0 Å². The van der Waals surface area contributed by atoms with Crippen molar-refractivity contribution in [2.75, 3.05) is 17.7 Å². The third-order valence-corrected chi connectivity index (χ3v) is 2.90. The minimum absolute atomic E-state index is 0.124. The predicted octanol–water partition coefficient (Wildman–Crippen LogP) is 3.57. The van der Waals surface area contributed by atoms with Gasteiger partial charge in [-0.25, -0.2) is 9.18 Å². The lowest BCUT2D eigenvalue weighted by atomic mass is 10.1. The number of pyridine rings is 1. The smallest absolute Gasteiger partial charge is 0.411 e. The number of aromatic nitrogens is 1. The van der Waals surface area contributed by atoms with E-state index in [2.05, 4.69) is 20.4 Å². The van der Waals surface area contributed by atoms with E-state index in [-0.39, 0.29) is 11.9 Å². The van der Waals surface area contributed by atoms with E-state index in [0.29, 0.717) is 5.69 Å². The van der Waals surface area contributed by atoms with Gasteiger partial charge in [-0.1, -0.05) is 6.07 Å². The molecule has 0 fully saturated rings. The summed E-state index contributed by atoms with van der Waals surface area (Å²) in [5.74, 6) is -0.373. The fraction of sp³-hybridized carbons (Fsp3) is 0.200. The quantitative estimate of drug-likeness (QED) is 0.903. The Morgan fingerprint density at radius 2 is 2.05 bits per heavy atom. The Hall–Kier alpha value is -2.63. The number of carbonyl (C=O) groups is 1. The zero-order valence-electron chi connectivity index (χ0n) is 11.8. The molecule has 2 aromatic rings. The van der Waals surface area contributed by atoms with Gasteiger partial charge in [-0.05, 0) is 36.8 Å². The van der Waals surface area contributed by atoms with Gasteiger partial charge in [0.1, 0.15) is 5.82 Å². The van der Waals surface area contributed by atoms with Gasteiger partial charge in [-0.2, -0.15) is 0 Å². The van der Waals surface area contributed by atoms with Crippen molar-refractivity contribution in [3.05, 3.63) is 54.1 Å². The average Bonchev–Trinajstić information content (AvgIpc) is 2.47. The minimum atomic E-state index is -0.533. The number of benzene rings is 1. The van der Waals surface area contributed by atoms with Crippen LogP contribution >= 0.6 is 0 Å². The Morgan fingerprint density at radius 3 is 2.76 bits per heavy atom. The van der Waals surface area contributed by atoms with Crippen molar-refractivity contribution >= 4 is 17.5 Å². The Balaban J connectivity index is 2.08. The maximum absolute atomic E-state index is 13.2. The number of hydrogen-bond donors (Lipinski definition) is 2. The maximum atomic E-state index is 13.2. The molecule has 2 N–H and O–H groups in total. The summed E-state index contributed by atoms with van der Waals surface area (Å²) < 4.78 is 17.7. The SMILES string of the molecule is COC(=O)Nc1cccc(NC(C)c2cncc(F)c2)c1. The lowest BCUT2D eigenvalue weighted by molar-refractivity contribution is 0.187. The number of amides is 1. The first kappa shape index (κ1) is 14.8. The first-order chi connectivity index (χ1) is 10.1. The van der Waals surface area contributed by atoms with E-state index in [1.54, 1.807) is 24.4 Å². The fourth-order valence-electron chi connectivity index (χ4n) is 1.85. The zero-order valence-corrected chi connectivity index (χ0v) is 11.8. The van der Waals surface area contributed by atoms with Crippen molar-refractivity contribution in [3.63, 3.8) is 0 Å². The van der Waals surface area contributed by atoms with Gasteiger partial charge < -0.3 is 10.1 Å². The van der Waals surface area contributed by atoms with Crippen molar-refractivity contribution in [2.45, 2.75) is 13.0 Å². The number of carbonyl (C=O) groups excluding carboxylic acids is 1. The summed E-state index contributed by atoms with van der Waals surface area (Å²) in [6, 6.07) is 8.47. The van der Waals surface area contributed by atoms with Gasteiger partial charge in [-0.15, -0.1) is 0 Å². The van der Waals surface area contributed by atoms with Gasteiger partial charge in [0.15, 0.2) is 0 Å². The lowest BCUT2D eigenvalue weighted by Gasteiger charge is -2.16. The van der Waals surface area contributed by atoms with E-state index in [1.807, 2.05) is 13.0 Å². The fourth-order valence-corrected chi connectivity index (χ4v) is 1.85. The second-order valence-corrected chi connectivity index (χ2v) is 4.50. The molecule has 5 nitrogen and oxygen atoms in total. The Labute approximate surface area is 122 Å². The van der Waals surface area contributed by atoms with Gasteiger partial charge in [0.25, 0.3) is 0 Å². The number of hydrogen-bond acceptors (Lipinski definition) is 4. The number of anilines is 2. The highest BCUT2D eigenvalue weighted by Gasteiger charge is 2.08. The second kappa shape index (κ2) is 6.69. The topological polar surface area (TPSA) is 63.2 Å². The predicted molar refractivity (Wildman–Crippen MR) is 78.7 cm³/mol. The third-order valence-electron chi connectivity index (χ3n) is 2.90. The van der Waals surface area contributed by atoms with Gasteiger partial charge in [0.2, 0.25) is 0 Å². The molecule has 1 aromatic carbocycles. The number of halogens is 1. The normalized spacial score (nSPS) is 11.6. The van der Waals surface area contributed by atoms with Gasteiger partial charge >= 0.3 is 6.09 Å². The minimum Gasteiger partial charge on any atom is -0.453 e. The van der Waals surface area contributed by atoms with Gasteiger partial charge in [0.05, 0.1) is 19.3 Å². The van der Waals surface area contributed by atoms with Crippen LogP contribution < -0.4 is 10.6 Å². The third kappa shape index (κ3) is 4.17. The molecule has 1 aromatic heterocycles. The van der Waals surface area contributed by atoms with Crippen LogP contribution in [0.15, 0.2) is 42.7 Å². The summed E-state index contributed by atoms with van der Waals surface area (Å²) in [5, 5.41) is 5.80. The summed E-state index contributed by atoms with van der Waals surface area (Å²) in [4.78, 5) is 15.0. The van der Waals surface area contributed by atoms with Gasteiger partial charge in [-0.3, -0.25) is 10.3 Å². The molecule has 1 atom stereocenters. The summed E-state index contributed by atoms with van der Waals surface area (Å²) in [7, 11) is 1.30. The highest BCUT2D eigenvalue weighted by molar-refractivity contribution is 5.85. The highest BCUT2D eigenvalue weighted by Crippen LogP contribution is 2.21. The molecule has 1 heterocycles. The van der Waals surface area contributed by atoms with E-state index in [4.69, 9.17) is 0 Å². The molecule has 0 aliphatic rings. The monoisotopic (exact) mass is 289 g/mol. The van der Waals surface area contributed by atoms with E-state index in [1.165, 1.54) is 13.2 Å². The zero-order chi connectivity index (χ0) is 15.2. The van der Waals surface area contributed by atoms with Crippen LogP contribution in [0.1, 0.15) is 18.5 Å². The molecule has 2 rings (SSSR count). The number of nitrogens with one attached hydrogen (secondary N) is 2. The van der Waals surface area contributed by atoms with Crippen molar-refractivity contribution in [1.29, 1.82) is 0 Å². The van der Waals surface area contributed by atoms with Crippen molar-refractivity contribution in [2.24, 2.45) is 0 Å². The number of nitrogens with zero attached hydrogens (tertiary/aromatic N) is 1. The molecular formula is C15H16FN3O2. The number of rotatable bonds is 4. The summed E-state index contributed by atoms with van der Waals surface area (Å²) >= 11 is 0. The first-order valence-corrected chi connectivity index (χ1v) is 6.40. The molecule has 0 spiro atoms. The van der Waals surface area contributed by atoms with Crippen LogP contribution in [0.3, 0.4) is 0 Å². The Bertz CT molecular complexity index is 634. The molecule has 0 radical (unpaired) electrons. The molecule has 110 valence electrons. The van der Waals surface area contributed by atoms with Gasteiger partial charge in [0, 0.05) is 17.6 Å². The van der Waals surface area contributed by atoms with Crippen molar-refractivity contribution < 1.29 is 13.9 Å². The van der Waals surface area contributed by atoms with Crippen LogP contribution in [-0.2, 0) is 4.74 Å². The van der Waals surface area contributed by atoms with E-state index in [9.17, 15) is 9.18 Å². The largest absolute Gasteiger partial charge is 0.453 e. The molecule has 0 bridgehead atoms. The van der Waals surface area contributed by atoms with Crippen LogP contribution in [0.2, 0.25) is 0 Å². The second-order valence-electron chi connectivity index (χ2n) is 4.50. The van der Waals surface area contributed by atoms with E-state index >= 15 is 0 Å². The summed E-state index contributed by atoms with van der Waals surface area (Å²) in [6.07, 6.45) is 2.24. The highest BCUT2D eigenvalue weighted by atomic mass is 19.1. The molecule has 0 saturated heterocycles. The molecule has 21 heavy (non-hydrogen) atoms. The lowest BCUT2D eigenvalue weighted by Crippen LogP contribution is -2.11. The van der Waals surface area contributed by atoms with E-state index < -0.39 is 6.09 Å². The first-order valence-electron chi connectivity index (χ1n) is 6.40. The maximum Gasteiger partial charge on any atom is 0.411 e. The van der Waals surface area contributed by atoms with E-state index in [0.717, 1.165) is 17.4 Å². The van der Waals surface area contributed by atoms with Crippen LogP contribution in [0.4, 0.5) is 20.6 Å². The van der Waals surface area contributed by atoms with Crippen LogP contribution in [0.25, 0.3) is 0 Å². The standard InChI is InChI=1S/C15H16FN3O2/c1-10(11-6-12(16)9-17-8-11)18-13-4-3-5-14(7-13)19-15(20)21-2/h3-10,18H,1-2H3,(H,19,20). The molecule has 6 heteroatoms. The summed E-state index contributed by atoms with van der Waals surface area (Å²) in [6.45, 7) is 1.90. The molecular weight excluding hydrogens is 273 g/mol. The van der Waals surface area contributed by atoms with Crippen molar-refractivity contribution in [1.82, 2.24) is 4.98 Å². The van der Waals surface area contributed by atoms with Crippen molar-refractivity contribution in [3.8, 4) is 0 Å². The molecule has 1 amide bonds. The van der Waals surface area contributed by atoms with Crippen LogP contribution in [0, 0.1) is 5.82 Å². The number of methoxy groups -OCH3 is 1. The van der Waals surface area contributed by atoms with Crippen LogP contribution in [-0.4, -0.2) is 18.2 Å². The Kier molecular flexibility index (Phi) is 4.71. The molecule has 0 saturated carbocycles. The summed E-state index contributed by atoms with van der Waals surface area (Å²) in [5.41, 5.74) is 2.14. The molecule has 0 aliphatic heterocycles. The molecule has 0 aliphatic carbocycles. The molecule has 1 unspecified atom stereocenters. The number of ether oxygens (including phenoxy) is 1.